The molecule has 132 valence electrons. The minimum atomic E-state index is 0.375. The summed E-state index contributed by atoms with van der Waals surface area (Å²) in [5.41, 5.74) is 4.83. The van der Waals surface area contributed by atoms with Gasteiger partial charge in [-0.1, -0.05) is 52.9 Å². The average Bonchev–Trinajstić information content (AvgIpc) is 3.43. The molecular weight excluding hydrogens is 366 g/mol. The monoisotopic (exact) mass is 393 g/mol. The molecule has 3 nitrogen and oxygen atoms in total. The summed E-state index contributed by atoms with van der Waals surface area (Å²) in [6.07, 6.45) is 9.79. The lowest BCUT2D eigenvalue weighted by Crippen LogP contribution is -2.25. The zero-order chi connectivity index (χ0) is 17.4. The predicted octanol–water partition coefficient (Wildman–Crippen LogP) is 5.30. The fourth-order valence-corrected chi connectivity index (χ4v) is 3.78. The van der Waals surface area contributed by atoms with Crippen molar-refractivity contribution in [1.29, 1.82) is 0 Å². The van der Waals surface area contributed by atoms with Crippen LogP contribution in [0.15, 0.2) is 40.0 Å². The summed E-state index contributed by atoms with van der Waals surface area (Å²) in [5, 5.41) is 0. The summed E-state index contributed by atoms with van der Waals surface area (Å²) in [7, 11) is 3.60. The van der Waals surface area contributed by atoms with Gasteiger partial charge < -0.3 is 9.64 Å². The van der Waals surface area contributed by atoms with E-state index in [0.29, 0.717) is 6.47 Å². The van der Waals surface area contributed by atoms with Crippen molar-refractivity contribution in [3.63, 3.8) is 0 Å². The molecule has 2 fully saturated rings. The Bertz CT molecular complexity index is 541. The van der Waals surface area contributed by atoms with Gasteiger partial charge in [-0.15, -0.1) is 0 Å². The van der Waals surface area contributed by atoms with Gasteiger partial charge in [-0.25, -0.2) is 0 Å². The molecule has 0 N–H and O–H groups in total. The van der Waals surface area contributed by atoms with E-state index >= 15 is 0 Å². The van der Waals surface area contributed by atoms with Gasteiger partial charge in [-0.05, 0) is 49.3 Å². The van der Waals surface area contributed by atoms with E-state index in [9.17, 15) is 0 Å². The second-order valence-corrected chi connectivity index (χ2v) is 7.55. The number of hydrogen-bond donors (Lipinski definition) is 0. The largest absolute Gasteiger partial charge is 0.471 e. The van der Waals surface area contributed by atoms with E-state index < -0.39 is 0 Å². The van der Waals surface area contributed by atoms with Gasteiger partial charge in [0.1, 0.15) is 0 Å². The van der Waals surface area contributed by atoms with E-state index in [4.69, 9.17) is 4.79 Å². The zero-order valence-electron chi connectivity index (χ0n) is 14.8. The van der Waals surface area contributed by atoms with Crippen LogP contribution >= 0.6 is 15.9 Å². The van der Waals surface area contributed by atoms with Crippen molar-refractivity contribution in [3.05, 3.63) is 45.6 Å². The van der Waals surface area contributed by atoms with Crippen molar-refractivity contribution in [2.45, 2.75) is 51.5 Å². The van der Waals surface area contributed by atoms with Crippen LogP contribution < -0.4 is 0 Å². The summed E-state index contributed by atoms with van der Waals surface area (Å²) in [4.78, 5) is 11.5. The van der Waals surface area contributed by atoms with Crippen LogP contribution in [0.2, 0.25) is 0 Å². The van der Waals surface area contributed by atoms with Gasteiger partial charge in [-0.3, -0.25) is 4.79 Å². The molecule has 0 amide bonds. The van der Waals surface area contributed by atoms with Crippen molar-refractivity contribution in [3.8, 4) is 0 Å². The van der Waals surface area contributed by atoms with Gasteiger partial charge in [0.2, 0.25) is 0 Å². The number of nitrogens with zero attached hydrogens (tertiary/aromatic N) is 1. The number of carbonyl (C=O) groups excluding carboxylic acids is 1. The highest BCUT2D eigenvalue weighted by molar-refractivity contribution is 9.10. The Morgan fingerprint density at radius 2 is 1.79 bits per heavy atom. The standard InChI is InChI=1S/C18H24BrN.C2H4O2/c1-20(13-14-7-11-17(19)12-8-14)18(16-9-10-16)15-5-3-2-4-6-15;1-4-2-3/h7-8,11-12,15H,2-6,9-10,13H2,1H3;2H,1H3. The lowest BCUT2D eigenvalue weighted by atomic mass is 9.86. The highest BCUT2D eigenvalue weighted by Crippen LogP contribution is 2.41. The van der Waals surface area contributed by atoms with E-state index in [1.165, 1.54) is 57.6 Å². The lowest BCUT2D eigenvalue weighted by Gasteiger charge is -2.32. The molecule has 2 aliphatic rings. The molecule has 0 unspecified atom stereocenters. The lowest BCUT2D eigenvalue weighted by molar-refractivity contribution is -0.126. The SMILES string of the molecule is CN(Cc1ccc(Br)cc1)C(=C1CC1)C1CCCCC1.COC=O. The van der Waals surface area contributed by atoms with Gasteiger partial charge in [-0.2, -0.15) is 0 Å². The van der Waals surface area contributed by atoms with Crippen LogP contribution in [0.4, 0.5) is 0 Å². The van der Waals surface area contributed by atoms with Crippen LogP contribution in [0, 0.1) is 5.92 Å². The van der Waals surface area contributed by atoms with Crippen LogP contribution in [0.3, 0.4) is 0 Å². The van der Waals surface area contributed by atoms with Crippen molar-refractivity contribution < 1.29 is 9.53 Å². The molecule has 0 saturated heterocycles. The molecule has 0 spiro atoms. The molecule has 0 aliphatic heterocycles. The van der Waals surface area contributed by atoms with Crippen molar-refractivity contribution in [2.75, 3.05) is 14.2 Å². The van der Waals surface area contributed by atoms with Crippen LogP contribution in [0.1, 0.15) is 50.5 Å². The van der Waals surface area contributed by atoms with Crippen LogP contribution in [0.25, 0.3) is 0 Å². The zero-order valence-corrected chi connectivity index (χ0v) is 16.3. The number of allylic oxidation sites excluding steroid dienone is 2. The first-order valence-corrected chi connectivity index (χ1v) is 9.59. The van der Waals surface area contributed by atoms with E-state index in [2.05, 4.69) is 56.9 Å². The van der Waals surface area contributed by atoms with Crippen LogP contribution in [-0.2, 0) is 16.1 Å². The summed E-state index contributed by atoms with van der Waals surface area (Å²) < 4.78 is 5.02. The first kappa shape index (κ1) is 19.0. The fourth-order valence-electron chi connectivity index (χ4n) is 3.51. The summed E-state index contributed by atoms with van der Waals surface area (Å²) in [6, 6.07) is 8.76. The molecule has 0 radical (unpaired) electrons. The third-order valence-electron chi connectivity index (χ3n) is 4.69. The topological polar surface area (TPSA) is 29.5 Å². The minimum Gasteiger partial charge on any atom is -0.471 e. The second-order valence-electron chi connectivity index (χ2n) is 6.64. The highest BCUT2D eigenvalue weighted by Gasteiger charge is 2.28. The van der Waals surface area contributed by atoms with Gasteiger partial charge in [0, 0.05) is 23.8 Å². The maximum Gasteiger partial charge on any atom is 0.292 e. The van der Waals surface area contributed by atoms with Gasteiger partial charge >= 0.3 is 0 Å². The predicted molar refractivity (Wildman–Crippen MR) is 102 cm³/mol. The number of rotatable bonds is 5. The number of benzene rings is 1. The Morgan fingerprint density at radius 1 is 1.21 bits per heavy atom. The second kappa shape index (κ2) is 9.87. The highest BCUT2D eigenvalue weighted by atomic mass is 79.9. The van der Waals surface area contributed by atoms with E-state index in [-0.39, 0.29) is 0 Å². The molecule has 3 rings (SSSR count). The van der Waals surface area contributed by atoms with E-state index in [1.807, 2.05) is 0 Å². The Balaban J connectivity index is 0.000000471. The fraction of sp³-hybridized carbons (Fsp3) is 0.550. The van der Waals surface area contributed by atoms with Gasteiger partial charge in [0.25, 0.3) is 6.47 Å². The number of methoxy groups -OCH3 is 1. The van der Waals surface area contributed by atoms with Crippen molar-refractivity contribution in [2.24, 2.45) is 5.92 Å². The number of halogens is 1. The van der Waals surface area contributed by atoms with E-state index in [1.54, 1.807) is 11.3 Å². The van der Waals surface area contributed by atoms with Crippen LogP contribution in [0.5, 0.6) is 0 Å². The number of hydrogen-bond acceptors (Lipinski definition) is 3. The Hall–Kier alpha value is -1.29. The van der Waals surface area contributed by atoms with E-state index in [0.717, 1.165) is 16.9 Å². The Morgan fingerprint density at radius 3 is 2.29 bits per heavy atom. The molecule has 4 heteroatoms. The van der Waals surface area contributed by atoms with Crippen molar-refractivity contribution >= 4 is 22.4 Å². The van der Waals surface area contributed by atoms with Crippen LogP contribution in [-0.4, -0.2) is 25.5 Å². The first-order chi connectivity index (χ1) is 11.7. The third-order valence-corrected chi connectivity index (χ3v) is 5.22. The Labute approximate surface area is 154 Å². The normalized spacial score (nSPS) is 16.7. The molecule has 1 aromatic rings. The molecule has 2 saturated carbocycles. The molecule has 0 heterocycles. The van der Waals surface area contributed by atoms with Gasteiger partial charge in [0.15, 0.2) is 0 Å². The molecule has 0 bridgehead atoms. The summed E-state index contributed by atoms with van der Waals surface area (Å²) in [5.74, 6) is 0.835. The number of ether oxygens (including phenoxy) is 1. The quantitative estimate of drug-likeness (QED) is 0.635. The maximum absolute atomic E-state index is 8.95. The molecule has 1 aromatic carbocycles. The smallest absolute Gasteiger partial charge is 0.292 e. The molecule has 2 aliphatic carbocycles. The van der Waals surface area contributed by atoms with Gasteiger partial charge in [0.05, 0.1) is 7.11 Å². The first-order valence-electron chi connectivity index (χ1n) is 8.79. The average molecular weight is 394 g/mol. The Kier molecular flexibility index (Phi) is 7.83. The molecule has 24 heavy (non-hydrogen) atoms. The molecule has 0 aromatic heterocycles. The summed E-state index contributed by atoms with van der Waals surface area (Å²) >= 11 is 3.51. The van der Waals surface area contributed by atoms with Crippen molar-refractivity contribution in [1.82, 2.24) is 4.90 Å². The molecule has 0 atom stereocenters. The summed E-state index contributed by atoms with van der Waals surface area (Å²) in [6.45, 7) is 1.42. The number of carbonyl (C=O) groups is 1. The molecular formula is C20H28BrNO2. The maximum atomic E-state index is 8.95. The third kappa shape index (κ3) is 5.97. The minimum absolute atomic E-state index is 0.375.